The van der Waals surface area contributed by atoms with Crippen molar-refractivity contribution < 1.29 is 44.5 Å². The third kappa shape index (κ3) is 7.84. The number of carbonyl (C=O) groups excluding carboxylic acids is 1. The summed E-state index contributed by atoms with van der Waals surface area (Å²) >= 11 is 0. The lowest BCUT2D eigenvalue weighted by atomic mass is 9.72. The van der Waals surface area contributed by atoms with E-state index >= 15 is 0 Å². The first kappa shape index (κ1) is 33.4. The minimum absolute atomic E-state index is 0.0995. The van der Waals surface area contributed by atoms with Gasteiger partial charge in [0.15, 0.2) is 6.29 Å². The number of nitrogens with two attached hydrogens (primary N) is 5. The van der Waals surface area contributed by atoms with Crippen LogP contribution in [0.1, 0.15) is 25.7 Å². The molecule has 16 nitrogen and oxygen atoms in total. The number of hydrogen-bond donors (Lipinski definition) is 12. The Morgan fingerprint density at radius 3 is 2.40 bits per heavy atom. The molecular formula is C24H49N7O9. The zero-order valence-corrected chi connectivity index (χ0v) is 22.7. The van der Waals surface area contributed by atoms with Gasteiger partial charge in [-0.2, -0.15) is 0 Å². The Morgan fingerprint density at radius 1 is 1.02 bits per heavy atom. The molecule has 40 heavy (non-hydrogen) atoms. The van der Waals surface area contributed by atoms with E-state index in [9.17, 15) is 30.3 Å². The second-order valence-electron chi connectivity index (χ2n) is 11.0. The summed E-state index contributed by atoms with van der Waals surface area (Å²) in [4.78, 5) is 12.5. The fourth-order valence-electron chi connectivity index (χ4n) is 5.77. The largest absolute Gasteiger partial charge is 0.394 e. The molecule has 2 aliphatic heterocycles. The second-order valence-corrected chi connectivity index (χ2v) is 11.0. The summed E-state index contributed by atoms with van der Waals surface area (Å²) in [5, 5.41) is 58.0. The van der Waals surface area contributed by atoms with Gasteiger partial charge in [0.05, 0.1) is 37.0 Å². The third-order valence-electron chi connectivity index (χ3n) is 8.13. The van der Waals surface area contributed by atoms with Gasteiger partial charge in [0.2, 0.25) is 5.91 Å². The van der Waals surface area contributed by atoms with Crippen LogP contribution >= 0.6 is 0 Å². The van der Waals surface area contributed by atoms with Crippen LogP contribution in [0.4, 0.5) is 0 Å². The summed E-state index contributed by atoms with van der Waals surface area (Å²) in [6.45, 7) is 0.944. The predicted octanol–water partition coefficient (Wildman–Crippen LogP) is -6.54. The van der Waals surface area contributed by atoms with Crippen molar-refractivity contribution in [2.75, 3.05) is 32.8 Å². The minimum Gasteiger partial charge on any atom is -0.394 e. The lowest BCUT2D eigenvalue weighted by Gasteiger charge is -2.51. The second kappa shape index (κ2) is 15.4. The quantitative estimate of drug-likeness (QED) is 0.0956. The summed E-state index contributed by atoms with van der Waals surface area (Å²) in [7, 11) is 0. The van der Waals surface area contributed by atoms with Crippen molar-refractivity contribution >= 4 is 5.91 Å². The Bertz CT molecular complexity index is 787. The molecule has 16 heteroatoms. The molecule has 234 valence electrons. The minimum atomic E-state index is -1.53. The fraction of sp³-hybridized carbons (Fsp3) is 0.958. The van der Waals surface area contributed by atoms with Crippen LogP contribution in [-0.4, -0.2) is 144 Å². The van der Waals surface area contributed by atoms with Crippen molar-refractivity contribution in [2.24, 2.45) is 34.6 Å². The normalized spacial score (nSPS) is 43.3. The Labute approximate surface area is 233 Å². The molecule has 3 fully saturated rings. The van der Waals surface area contributed by atoms with Crippen LogP contribution in [-0.2, 0) is 19.0 Å². The Morgan fingerprint density at radius 2 is 1.75 bits per heavy atom. The topological polar surface area (TPSA) is 300 Å². The van der Waals surface area contributed by atoms with Crippen molar-refractivity contribution in [3.8, 4) is 0 Å². The Hall–Kier alpha value is -1.09. The molecule has 0 aromatic rings. The zero-order chi connectivity index (χ0) is 29.6. The highest BCUT2D eigenvalue weighted by Gasteiger charge is 2.53. The van der Waals surface area contributed by atoms with Gasteiger partial charge in [0, 0.05) is 31.1 Å². The maximum Gasteiger partial charge on any atom is 0.250 e. The summed E-state index contributed by atoms with van der Waals surface area (Å²) in [5.74, 6) is -1.52. The van der Waals surface area contributed by atoms with Gasteiger partial charge in [-0.1, -0.05) is 0 Å². The van der Waals surface area contributed by atoms with Gasteiger partial charge in [0.25, 0.3) is 0 Å². The Balaban J connectivity index is 1.82. The molecule has 0 radical (unpaired) electrons. The van der Waals surface area contributed by atoms with Crippen LogP contribution < -0.4 is 39.3 Å². The van der Waals surface area contributed by atoms with Gasteiger partial charge in [-0.25, -0.2) is 0 Å². The van der Waals surface area contributed by atoms with Gasteiger partial charge >= 0.3 is 0 Å². The van der Waals surface area contributed by atoms with Crippen LogP contribution in [0.5, 0.6) is 0 Å². The van der Waals surface area contributed by atoms with Crippen molar-refractivity contribution in [3.05, 3.63) is 0 Å². The monoisotopic (exact) mass is 579 g/mol. The van der Waals surface area contributed by atoms with E-state index in [0.717, 1.165) is 13.0 Å². The molecule has 2 heterocycles. The van der Waals surface area contributed by atoms with Gasteiger partial charge in [-0.3, -0.25) is 4.79 Å². The smallest absolute Gasteiger partial charge is 0.250 e. The first-order valence-electron chi connectivity index (χ1n) is 14.0. The summed E-state index contributed by atoms with van der Waals surface area (Å²) in [6, 6.07) is -3.28. The highest BCUT2D eigenvalue weighted by Crippen LogP contribution is 2.36. The molecule has 0 aromatic heterocycles. The highest BCUT2D eigenvalue weighted by molar-refractivity contribution is 5.81. The highest BCUT2D eigenvalue weighted by atomic mass is 16.7. The van der Waals surface area contributed by atoms with E-state index in [1.807, 2.05) is 0 Å². The average molecular weight is 580 g/mol. The maximum atomic E-state index is 12.5. The van der Waals surface area contributed by atoms with E-state index in [-0.39, 0.29) is 19.1 Å². The van der Waals surface area contributed by atoms with Gasteiger partial charge in [-0.15, -0.1) is 0 Å². The van der Waals surface area contributed by atoms with Crippen molar-refractivity contribution in [2.45, 2.75) is 105 Å². The lowest BCUT2D eigenvalue weighted by molar-refractivity contribution is -0.306. The number of rotatable bonds is 12. The third-order valence-corrected chi connectivity index (χ3v) is 8.13. The van der Waals surface area contributed by atoms with Gasteiger partial charge < -0.3 is 79.0 Å². The van der Waals surface area contributed by atoms with Crippen LogP contribution in [0.15, 0.2) is 0 Å². The average Bonchev–Trinajstić information content (AvgIpc) is 2.93. The fourth-order valence-corrected chi connectivity index (χ4v) is 5.77. The van der Waals surface area contributed by atoms with E-state index < -0.39 is 91.6 Å². The molecule has 14 atom stereocenters. The number of aliphatic hydroxyl groups is 5. The molecule has 1 aliphatic carbocycles. The number of hydrogen-bond acceptors (Lipinski definition) is 15. The van der Waals surface area contributed by atoms with Gasteiger partial charge in [0.1, 0.15) is 30.5 Å². The lowest BCUT2D eigenvalue weighted by Crippen LogP contribution is -2.69. The number of aliphatic hydroxyl groups excluding tert-OH is 5. The van der Waals surface area contributed by atoms with Crippen LogP contribution in [0.3, 0.4) is 0 Å². The SMILES string of the molecule is NCCCNCC1CCC(N)C(C2C(N)CC(NC(=O)C(O)CN)C(OC3OC(CO)C(O)C(N)C3O)C2O)O1. The van der Waals surface area contributed by atoms with Crippen molar-refractivity contribution in [1.82, 2.24) is 10.6 Å². The van der Waals surface area contributed by atoms with Crippen LogP contribution in [0.2, 0.25) is 0 Å². The number of ether oxygens (including phenoxy) is 3. The molecule has 17 N–H and O–H groups in total. The number of nitrogens with one attached hydrogen (secondary N) is 2. The molecular weight excluding hydrogens is 530 g/mol. The molecule has 0 aromatic carbocycles. The molecule has 0 bridgehead atoms. The Kier molecular flexibility index (Phi) is 12.9. The molecule has 14 unspecified atom stereocenters. The van der Waals surface area contributed by atoms with Crippen LogP contribution in [0.25, 0.3) is 0 Å². The predicted molar refractivity (Wildman–Crippen MR) is 142 cm³/mol. The van der Waals surface area contributed by atoms with Crippen molar-refractivity contribution in [1.29, 1.82) is 0 Å². The van der Waals surface area contributed by atoms with E-state index in [4.69, 9.17) is 42.9 Å². The molecule has 1 saturated carbocycles. The summed E-state index contributed by atoms with van der Waals surface area (Å²) < 4.78 is 17.9. The van der Waals surface area contributed by atoms with E-state index in [1.165, 1.54) is 0 Å². The van der Waals surface area contributed by atoms with Gasteiger partial charge in [-0.05, 0) is 38.8 Å². The maximum absolute atomic E-state index is 12.5. The molecule has 2 saturated heterocycles. The van der Waals surface area contributed by atoms with E-state index in [2.05, 4.69) is 10.6 Å². The van der Waals surface area contributed by atoms with E-state index in [0.29, 0.717) is 25.9 Å². The standard InChI is InChI=1S/C24H49N7O9/c25-4-1-5-30-8-10-2-3-11(27)21(38-10)16-12(28)6-13(31-23(37)14(33)7-26)22(19(16)35)40-24-20(36)17(29)18(34)15(9-32)39-24/h10-22,24,30,32-36H,1-9,25-29H2,(H,31,37). The number of carbonyl (C=O) groups is 1. The summed E-state index contributed by atoms with van der Waals surface area (Å²) in [6.07, 6.45) is -8.17. The zero-order valence-electron chi connectivity index (χ0n) is 22.7. The first-order valence-corrected chi connectivity index (χ1v) is 14.0. The number of amides is 1. The molecule has 3 rings (SSSR count). The summed E-state index contributed by atoms with van der Waals surface area (Å²) in [5.41, 5.74) is 29.9. The molecule has 0 spiro atoms. The first-order chi connectivity index (χ1) is 19.0. The van der Waals surface area contributed by atoms with Crippen LogP contribution in [0, 0.1) is 5.92 Å². The molecule has 1 amide bonds. The van der Waals surface area contributed by atoms with E-state index in [1.54, 1.807) is 0 Å². The molecule has 3 aliphatic rings. The van der Waals surface area contributed by atoms with Crippen molar-refractivity contribution in [3.63, 3.8) is 0 Å².